The second kappa shape index (κ2) is 5.64. The molecule has 114 valence electrons. The van der Waals surface area contributed by atoms with Gasteiger partial charge in [-0.15, -0.1) is 0 Å². The number of aromatic amines is 1. The van der Waals surface area contributed by atoms with Crippen molar-refractivity contribution in [1.82, 2.24) is 15.3 Å². The van der Waals surface area contributed by atoms with E-state index >= 15 is 0 Å². The molecule has 0 atom stereocenters. The van der Waals surface area contributed by atoms with Crippen molar-refractivity contribution in [3.63, 3.8) is 0 Å². The van der Waals surface area contributed by atoms with Crippen molar-refractivity contribution in [2.75, 3.05) is 18.5 Å². The molecule has 0 aliphatic carbocycles. The van der Waals surface area contributed by atoms with E-state index in [1.807, 2.05) is 0 Å². The molecule has 9 nitrogen and oxygen atoms in total. The van der Waals surface area contributed by atoms with E-state index < -0.39 is 5.69 Å². The van der Waals surface area contributed by atoms with Gasteiger partial charge in [-0.05, 0) is 12.1 Å². The van der Waals surface area contributed by atoms with Gasteiger partial charge in [0.2, 0.25) is 0 Å². The maximum Gasteiger partial charge on any atom is 0.347 e. The number of nitrogens with two attached hydrogens (primary N) is 1. The summed E-state index contributed by atoms with van der Waals surface area (Å²) in [6, 6.07) is 5.33. The Morgan fingerprint density at radius 3 is 3.14 bits per heavy atom. The third kappa shape index (κ3) is 2.77. The molecule has 1 aromatic carbocycles. The Hall–Kier alpha value is -3.23. The van der Waals surface area contributed by atoms with Crippen molar-refractivity contribution < 1.29 is 9.47 Å². The van der Waals surface area contributed by atoms with Gasteiger partial charge in [-0.1, -0.05) is 6.07 Å². The summed E-state index contributed by atoms with van der Waals surface area (Å²) in [6.07, 6.45) is 1.45. The summed E-state index contributed by atoms with van der Waals surface area (Å²) in [5, 5.41) is 12.7. The van der Waals surface area contributed by atoms with Gasteiger partial charge in [0.25, 0.3) is 0 Å². The third-order valence-corrected chi connectivity index (χ3v) is 2.90. The van der Waals surface area contributed by atoms with Gasteiger partial charge in [0.05, 0.1) is 12.7 Å². The Balaban J connectivity index is 1.79. The molecule has 2 aromatic rings. The highest BCUT2D eigenvalue weighted by Crippen LogP contribution is 2.44. The van der Waals surface area contributed by atoms with E-state index in [4.69, 9.17) is 20.6 Å². The molecular weight excluding hydrogens is 288 g/mol. The van der Waals surface area contributed by atoms with Crippen molar-refractivity contribution in [3.05, 3.63) is 34.9 Å². The minimum Gasteiger partial charge on any atom is -0.489 e. The number of hydrogen-bond donors (Lipinski definition) is 5. The maximum absolute atomic E-state index is 11.3. The largest absolute Gasteiger partial charge is 0.489 e. The van der Waals surface area contributed by atoms with Crippen molar-refractivity contribution in [1.29, 1.82) is 5.41 Å². The molecule has 0 saturated carbocycles. The van der Waals surface area contributed by atoms with Gasteiger partial charge in [-0.3, -0.25) is 5.41 Å². The number of H-pyrrole nitrogens is 1. The number of guanidine groups is 1. The Morgan fingerprint density at radius 2 is 2.32 bits per heavy atom. The molecule has 6 N–H and O–H groups in total. The minimum atomic E-state index is -0.470. The van der Waals surface area contributed by atoms with Gasteiger partial charge < -0.3 is 30.8 Å². The zero-order valence-corrected chi connectivity index (χ0v) is 11.5. The second-order valence-corrected chi connectivity index (χ2v) is 4.46. The third-order valence-electron chi connectivity index (χ3n) is 2.90. The number of aromatic nitrogens is 2. The van der Waals surface area contributed by atoms with E-state index in [0.717, 1.165) is 0 Å². The Kier molecular flexibility index (Phi) is 3.52. The van der Waals surface area contributed by atoms with Crippen LogP contribution in [0.15, 0.2) is 29.2 Å². The second-order valence-electron chi connectivity index (χ2n) is 4.46. The maximum atomic E-state index is 11.3. The summed E-state index contributed by atoms with van der Waals surface area (Å²) in [5.74, 6) is 1.77. The Bertz CT molecular complexity index is 773. The van der Waals surface area contributed by atoms with Crippen LogP contribution < -0.4 is 31.5 Å². The van der Waals surface area contributed by atoms with Crippen LogP contribution in [-0.4, -0.2) is 29.1 Å². The average molecular weight is 302 g/mol. The van der Waals surface area contributed by atoms with Crippen LogP contribution in [0.1, 0.15) is 0 Å². The molecule has 3 rings (SSSR count). The van der Waals surface area contributed by atoms with Gasteiger partial charge in [-0.25, -0.2) is 4.79 Å². The fraction of sp³-hybridized carbons (Fsp3) is 0.154. The zero-order valence-electron chi connectivity index (χ0n) is 11.5. The smallest absolute Gasteiger partial charge is 0.347 e. The SMILES string of the molecule is N=C(N)NCCOc1cccc2c1Nc1nc(=O)[nH]cc1O2. The van der Waals surface area contributed by atoms with Gasteiger partial charge in [0, 0.05) is 0 Å². The number of nitrogens with one attached hydrogen (secondary N) is 4. The number of benzene rings is 1. The summed E-state index contributed by atoms with van der Waals surface area (Å²) in [7, 11) is 0. The standard InChI is InChI=1S/C13H14N6O3/c14-12(15)16-4-5-21-7-2-1-3-8-10(7)18-11-9(22-8)6-17-13(20)19-11/h1-3,6H,4-5H2,(H4,14,15,16)(H2,17,18,19,20). The fourth-order valence-corrected chi connectivity index (χ4v) is 1.97. The molecule has 22 heavy (non-hydrogen) atoms. The average Bonchev–Trinajstić information content (AvgIpc) is 2.49. The van der Waals surface area contributed by atoms with Crippen LogP contribution in [0, 0.1) is 5.41 Å². The van der Waals surface area contributed by atoms with Crippen LogP contribution in [0.25, 0.3) is 0 Å². The lowest BCUT2D eigenvalue weighted by Gasteiger charge is -2.22. The normalized spacial score (nSPS) is 11.5. The van der Waals surface area contributed by atoms with Crippen molar-refractivity contribution in [2.45, 2.75) is 0 Å². The van der Waals surface area contributed by atoms with E-state index in [2.05, 4.69) is 20.6 Å². The minimum absolute atomic E-state index is 0.113. The number of fused-ring (bicyclic) bond motifs is 2. The summed E-state index contributed by atoms with van der Waals surface area (Å²) < 4.78 is 11.3. The topological polar surface area (TPSA) is 138 Å². The molecule has 0 fully saturated rings. The lowest BCUT2D eigenvalue weighted by Crippen LogP contribution is -2.33. The molecule has 1 aliphatic heterocycles. The highest BCUT2D eigenvalue weighted by atomic mass is 16.5. The first kappa shape index (κ1) is 13.7. The molecule has 2 heterocycles. The van der Waals surface area contributed by atoms with Crippen LogP contribution in [0.3, 0.4) is 0 Å². The first-order chi connectivity index (χ1) is 10.6. The van der Waals surface area contributed by atoms with Crippen LogP contribution in [0.4, 0.5) is 11.5 Å². The van der Waals surface area contributed by atoms with Crippen LogP contribution in [0.2, 0.25) is 0 Å². The highest BCUT2D eigenvalue weighted by Gasteiger charge is 2.21. The number of anilines is 2. The number of para-hydroxylation sites is 1. The van der Waals surface area contributed by atoms with Crippen LogP contribution in [-0.2, 0) is 0 Å². The molecule has 1 aliphatic rings. The quantitative estimate of drug-likeness (QED) is 0.268. The van der Waals surface area contributed by atoms with Crippen molar-refractivity contribution >= 4 is 17.5 Å². The van der Waals surface area contributed by atoms with E-state index in [0.29, 0.717) is 41.9 Å². The van der Waals surface area contributed by atoms with E-state index in [1.54, 1.807) is 18.2 Å². The predicted octanol–water partition coefficient (Wildman–Crippen LogP) is 0.481. The zero-order chi connectivity index (χ0) is 15.5. The van der Waals surface area contributed by atoms with Gasteiger partial charge in [-0.2, -0.15) is 4.98 Å². The van der Waals surface area contributed by atoms with Gasteiger partial charge in [0.1, 0.15) is 18.0 Å². The number of hydrogen-bond acceptors (Lipinski definition) is 6. The van der Waals surface area contributed by atoms with E-state index in [9.17, 15) is 4.79 Å². The van der Waals surface area contributed by atoms with Crippen molar-refractivity contribution in [2.24, 2.45) is 5.73 Å². The molecule has 1 aromatic heterocycles. The van der Waals surface area contributed by atoms with E-state index in [1.165, 1.54) is 6.20 Å². The summed E-state index contributed by atoms with van der Waals surface area (Å²) in [4.78, 5) is 17.5. The van der Waals surface area contributed by atoms with Crippen molar-refractivity contribution in [3.8, 4) is 17.2 Å². The predicted molar refractivity (Wildman–Crippen MR) is 80.1 cm³/mol. The first-order valence-electron chi connectivity index (χ1n) is 6.52. The highest BCUT2D eigenvalue weighted by molar-refractivity contribution is 5.77. The fourth-order valence-electron chi connectivity index (χ4n) is 1.97. The van der Waals surface area contributed by atoms with Gasteiger partial charge >= 0.3 is 5.69 Å². The molecule has 0 bridgehead atoms. The lowest BCUT2D eigenvalue weighted by atomic mass is 10.2. The van der Waals surface area contributed by atoms with Crippen LogP contribution in [0.5, 0.6) is 17.2 Å². The molecular formula is C13H14N6O3. The molecule has 0 spiro atoms. The molecule has 0 unspecified atom stereocenters. The van der Waals surface area contributed by atoms with Crippen LogP contribution >= 0.6 is 0 Å². The monoisotopic (exact) mass is 302 g/mol. The molecule has 0 saturated heterocycles. The number of rotatable bonds is 4. The number of nitrogens with zero attached hydrogens (tertiary/aromatic N) is 1. The summed E-state index contributed by atoms with van der Waals surface area (Å²) in [6.45, 7) is 0.710. The van der Waals surface area contributed by atoms with E-state index in [-0.39, 0.29) is 5.96 Å². The summed E-state index contributed by atoms with van der Waals surface area (Å²) in [5.41, 5.74) is 5.32. The molecule has 9 heteroatoms. The number of ether oxygens (including phenoxy) is 2. The Labute approximate surface area is 125 Å². The molecule has 0 radical (unpaired) electrons. The summed E-state index contributed by atoms with van der Waals surface area (Å²) >= 11 is 0. The molecule has 0 amide bonds. The first-order valence-corrected chi connectivity index (χ1v) is 6.52. The van der Waals surface area contributed by atoms with Gasteiger partial charge in [0.15, 0.2) is 23.3 Å². The lowest BCUT2D eigenvalue weighted by molar-refractivity contribution is 0.322. The Morgan fingerprint density at radius 1 is 1.45 bits per heavy atom.